The van der Waals surface area contributed by atoms with Crippen LogP contribution in [0.4, 0.5) is 11.5 Å². The first-order valence-electron chi connectivity index (χ1n) is 11.4. The van der Waals surface area contributed by atoms with Gasteiger partial charge in [0.25, 0.3) is 0 Å². The molecule has 0 bridgehead atoms. The number of piperazine rings is 1. The molecule has 0 spiro atoms. The van der Waals surface area contributed by atoms with Crippen molar-refractivity contribution >= 4 is 45.1 Å². The van der Waals surface area contributed by atoms with Gasteiger partial charge in [0.15, 0.2) is 0 Å². The first-order chi connectivity index (χ1) is 16.2. The molecule has 0 unspecified atom stereocenters. The van der Waals surface area contributed by atoms with E-state index in [0.29, 0.717) is 29.6 Å². The van der Waals surface area contributed by atoms with Gasteiger partial charge in [-0.1, -0.05) is 30.3 Å². The van der Waals surface area contributed by atoms with Gasteiger partial charge in [0, 0.05) is 56.3 Å². The van der Waals surface area contributed by atoms with Gasteiger partial charge in [-0.2, -0.15) is 4.37 Å². The maximum absolute atomic E-state index is 12.2. The summed E-state index contributed by atoms with van der Waals surface area (Å²) >= 11 is 1.58. The van der Waals surface area contributed by atoms with E-state index in [9.17, 15) is 9.70 Å². The number of nitrogens with zero attached hydrogens (tertiary/aromatic N) is 4. The van der Waals surface area contributed by atoms with Crippen LogP contribution in [0.1, 0.15) is 12.0 Å². The molecule has 170 valence electrons. The smallest absolute Gasteiger partial charge is 0.244 e. The van der Waals surface area contributed by atoms with E-state index in [0.717, 1.165) is 38.5 Å². The number of nitroso groups, excluding NO2 is 1. The average molecular weight is 462 g/mol. The Morgan fingerprint density at radius 2 is 1.88 bits per heavy atom. The molecule has 2 aromatic carbocycles. The van der Waals surface area contributed by atoms with Gasteiger partial charge in [-0.3, -0.25) is 9.69 Å². The van der Waals surface area contributed by atoms with Crippen LogP contribution in [-0.2, 0) is 4.79 Å². The molecule has 1 aliphatic heterocycles. The zero-order valence-electron chi connectivity index (χ0n) is 18.4. The lowest BCUT2D eigenvalue weighted by molar-refractivity contribution is -0.116. The van der Waals surface area contributed by atoms with Crippen LogP contribution in [0.3, 0.4) is 0 Å². The highest BCUT2D eigenvalue weighted by molar-refractivity contribution is 7.13. The van der Waals surface area contributed by atoms with Gasteiger partial charge in [0.2, 0.25) is 5.91 Å². The fourth-order valence-electron chi connectivity index (χ4n) is 4.53. The molecule has 3 aromatic rings. The molecule has 2 atom stereocenters. The van der Waals surface area contributed by atoms with Crippen LogP contribution >= 0.6 is 11.5 Å². The van der Waals surface area contributed by atoms with Crippen LogP contribution in [0.25, 0.3) is 16.2 Å². The maximum atomic E-state index is 12.2. The third kappa shape index (κ3) is 5.12. The molecule has 33 heavy (non-hydrogen) atoms. The number of fused-ring (bicyclic) bond motifs is 1. The lowest BCUT2D eigenvalue weighted by atomic mass is 10.1. The van der Waals surface area contributed by atoms with Gasteiger partial charge in [-0.25, -0.2) is 0 Å². The lowest BCUT2D eigenvalue weighted by Crippen LogP contribution is -2.47. The molecule has 8 heteroatoms. The van der Waals surface area contributed by atoms with Gasteiger partial charge >= 0.3 is 0 Å². The van der Waals surface area contributed by atoms with Crippen molar-refractivity contribution in [1.82, 2.24) is 14.6 Å². The highest BCUT2D eigenvalue weighted by atomic mass is 32.1. The Morgan fingerprint density at radius 3 is 2.73 bits per heavy atom. The standard InChI is InChI=1S/C25H27N5O2S/c31-24(10-9-18-5-1-3-7-22(18)27-32)26-16-19-15-20(19)17-29-11-13-30(14-12-29)25-21-6-2-4-8-23(21)33-28-25/h1-10,19-20H,11-17H2,(H,26,31)/b10-9+/t19-,20-/m1/s1. The summed E-state index contributed by atoms with van der Waals surface area (Å²) in [5.74, 6) is 2.19. The number of carbonyl (C=O) groups is 1. The number of carbonyl (C=O) groups excluding carboxylic acids is 1. The number of hydrogen-bond acceptors (Lipinski definition) is 7. The number of amides is 1. The summed E-state index contributed by atoms with van der Waals surface area (Å²) in [5.41, 5.74) is 0.989. The Morgan fingerprint density at radius 1 is 1.09 bits per heavy atom. The van der Waals surface area contributed by atoms with Crippen LogP contribution in [0.2, 0.25) is 0 Å². The van der Waals surface area contributed by atoms with Crippen LogP contribution < -0.4 is 10.2 Å². The van der Waals surface area contributed by atoms with Crippen molar-refractivity contribution < 1.29 is 4.79 Å². The van der Waals surface area contributed by atoms with E-state index in [1.54, 1.807) is 35.8 Å². The van der Waals surface area contributed by atoms with Crippen molar-refractivity contribution in [1.29, 1.82) is 0 Å². The number of anilines is 1. The van der Waals surface area contributed by atoms with E-state index < -0.39 is 0 Å². The van der Waals surface area contributed by atoms with Gasteiger partial charge in [0.1, 0.15) is 11.5 Å². The summed E-state index contributed by atoms with van der Waals surface area (Å²) in [4.78, 5) is 27.9. The molecule has 5 rings (SSSR count). The van der Waals surface area contributed by atoms with E-state index in [1.807, 2.05) is 6.07 Å². The van der Waals surface area contributed by atoms with Crippen molar-refractivity contribution in [3.05, 3.63) is 65.1 Å². The van der Waals surface area contributed by atoms with E-state index in [2.05, 4.69) is 44.6 Å². The van der Waals surface area contributed by atoms with E-state index in [-0.39, 0.29) is 5.91 Å². The molecule has 2 heterocycles. The fraction of sp³-hybridized carbons (Fsp3) is 0.360. The highest BCUT2D eigenvalue weighted by Crippen LogP contribution is 2.39. The average Bonchev–Trinajstić information content (AvgIpc) is 3.46. The highest BCUT2D eigenvalue weighted by Gasteiger charge is 2.38. The molecule has 1 aliphatic carbocycles. The number of benzene rings is 2. The van der Waals surface area contributed by atoms with Gasteiger partial charge in [0.05, 0.1) is 4.70 Å². The van der Waals surface area contributed by atoms with Crippen molar-refractivity contribution in [3.63, 3.8) is 0 Å². The molecule has 2 fully saturated rings. The van der Waals surface area contributed by atoms with Gasteiger partial charge in [-0.05, 0) is 59.2 Å². The normalized spacial score (nSPS) is 20.9. The predicted octanol–water partition coefficient (Wildman–Crippen LogP) is 4.28. The summed E-state index contributed by atoms with van der Waals surface area (Å²) in [7, 11) is 0. The quantitative estimate of drug-likeness (QED) is 0.400. The predicted molar refractivity (Wildman–Crippen MR) is 134 cm³/mol. The molecular weight excluding hydrogens is 434 g/mol. The SMILES string of the molecule is O=Nc1ccccc1/C=C/C(=O)NC[C@H]1C[C@@H]1CN1CCN(c2nsc3ccccc23)CC1. The van der Waals surface area contributed by atoms with Crippen LogP contribution in [0.5, 0.6) is 0 Å². The van der Waals surface area contributed by atoms with Crippen molar-refractivity contribution in [3.8, 4) is 0 Å². The second-order valence-electron chi connectivity index (χ2n) is 8.77. The van der Waals surface area contributed by atoms with Gasteiger partial charge in [-0.15, -0.1) is 4.91 Å². The second kappa shape index (κ2) is 9.80. The van der Waals surface area contributed by atoms with Crippen LogP contribution in [0.15, 0.2) is 59.8 Å². The first kappa shape index (κ1) is 21.7. The molecule has 7 nitrogen and oxygen atoms in total. The van der Waals surface area contributed by atoms with Crippen LogP contribution in [-0.4, -0.2) is 54.4 Å². The number of nitrogens with one attached hydrogen (secondary N) is 1. The fourth-order valence-corrected chi connectivity index (χ4v) is 5.32. The molecule has 1 saturated carbocycles. The van der Waals surface area contributed by atoms with Gasteiger partial charge < -0.3 is 10.2 Å². The monoisotopic (exact) mass is 461 g/mol. The molecule has 1 amide bonds. The van der Waals surface area contributed by atoms with Crippen LogP contribution in [0, 0.1) is 16.7 Å². The Hall–Kier alpha value is -3.10. The molecule has 0 radical (unpaired) electrons. The van der Waals surface area contributed by atoms with Crippen molar-refractivity contribution in [2.24, 2.45) is 17.0 Å². The summed E-state index contributed by atoms with van der Waals surface area (Å²) in [6.07, 6.45) is 4.28. The Labute approximate surface area is 197 Å². The minimum atomic E-state index is -0.134. The zero-order valence-corrected chi connectivity index (χ0v) is 19.2. The summed E-state index contributed by atoms with van der Waals surface area (Å²) in [5, 5.41) is 7.24. The molecule has 1 saturated heterocycles. The third-order valence-corrected chi connectivity index (χ3v) is 7.40. The minimum absolute atomic E-state index is 0.134. The summed E-state index contributed by atoms with van der Waals surface area (Å²) in [6.45, 7) is 5.91. The molecule has 2 aliphatic rings. The summed E-state index contributed by atoms with van der Waals surface area (Å²) in [6, 6.07) is 15.4. The number of aromatic nitrogens is 1. The minimum Gasteiger partial charge on any atom is -0.353 e. The maximum Gasteiger partial charge on any atom is 0.244 e. The van der Waals surface area contributed by atoms with E-state index >= 15 is 0 Å². The van der Waals surface area contributed by atoms with Crippen molar-refractivity contribution in [2.45, 2.75) is 6.42 Å². The number of rotatable bonds is 8. The van der Waals surface area contributed by atoms with E-state index in [1.165, 1.54) is 22.6 Å². The Balaban J connectivity index is 1.04. The molecule has 1 N–H and O–H groups in total. The topological polar surface area (TPSA) is 77.9 Å². The lowest BCUT2D eigenvalue weighted by Gasteiger charge is -2.35. The molecular formula is C25H27N5O2S. The number of hydrogen-bond donors (Lipinski definition) is 1. The summed E-state index contributed by atoms with van der Waals surface area (Å²) < 4.78 is 5.94. The Bertz CT molecular complexity index is 1170. The second-order valence-corrected chi connectivity index (χ2v) is 9.58. The third-order valence-electron chi connectivity index (χ3n) is 6.58. The Kier molecular flexibility index (Phi) is 6.46. The first-order valence-corrected chi connectivity index (χ1v) is 12.2. The van der Waals surface area contributed by atoms with Crippen molar-refractivity contribution in [2.75, 3.05) is 44.2 Å². The zero-order chi connectivity index (χ0) is 22.6. The van der Waals surface area contributed by atoms with E-state index in [4.69, 9.17) is 4.37 Å². The largest absolute Gasteiger partial charge is 0.353 e. The molecule has 1 aromatic heterocycles.